The van der Waals surface area contributed by atoms with Gasteiger partial charge in [0.05, 0.1) is 13.2 Å². The normalized spacial score (nSPS) is 19.5. The lowest BCUT2D eigenvalue weighted by Gasteiger charge is -2.34. The van der Waals surface area contributed by atoms with Gasteiger partial charge < -0.3 is 31.4 Å². The van der Waals surface area contributed by atoms with Crippen LogP contribution in [0.2, 0.25) is 0 Å². The molecule has 1 rings (SSSR count). The lowest BCUT2D eigenvalue weighted by atomic mass is 9.95. The van der Waals surface area contributed by atoms with Crippen LogP contribution in [0.1, 0.15) is 33.1 Å². The molecular formula is C14H28N4O4. The van der Waals surface area contributed by atoms with Gasteiger partial charge in [-0.2, -0.15) is 0 Å². The molecule has 0 aliphatic carbocycles. The number of carboxylic acids is 1. The molecule has 1 aliphatic rings. The first-order valence-corrected chi connectivity index (χ1v) is 7.55. The van der Waals surface area contributed by atoms with E-state index >= 15 is 0 Å². The van der Waals surface area contributed by atoms with Crippen molar-refractivity contribution in [2.45, 2.75) is 45.4 Å². The van der Waals surface area contributed by atoms with Crippen molar-refractivity contribution >= 4 is 11.9 Å². The van der Waals surface area contributed by atoms with Gasteiger partial charge in [-0.3, -0.25) is 9.79 Å². The second kappa shape index (κ2) is 8.92. The molecule has 8 heteroatoms. The summed E-state index contributed by atoms with van der Waals surface area (Å²) in [6, 6.07) is -0.616. The number of ether oxygens (including phenoxy) is 2. The van der Waals surface area contributed by atoms with Gasteiger partial charge in [0.25, 0.3) is 0 Å². The molecule has 1 unspecified atom stereocenters. The fourth-order valence-corrected chi connectivity index (χ4v) is 2.09. The van der Waals surface area contributed by atoms with Crippen LogP contribution in [0.15, 0.2) is 4.99 Å². The van der Waals surface area contributed by atoms with E-state index in [2.05, 4.69) is 24.2 Å². The van der Waals surface area contributed by atoms with Gasteiger partial charge in [0.2, 0.25) is 0 Å². The zero-order valence-electron chi connectivity index (χ0n) is 13.4. The Labute approximate surface area is 131 Å². The summed E-state index contributed by atoms with van der Waals surface area (Å²) in [5.41, 5.74) is 10.5. The molecule has 0 aromatic carbocycles. The van der Waals surface area contributed by atoms with E-state index in [4.69, 9.17) is 20.9 Å². The number of guanidine groups is 1. The van der Waals surface area contributed by atoms with Gasteiger partial charge in [-0.1, -0.05) is 13.8 Å². The van der Waals surface area contributed by atoms with Crippen LogP contribution in [-0.2, 0) is 14.3 Å². The third-order valence-electron chi connectivity index (χ3n) is 3.33. The molecule has 0 bridgehead atoms. The van der Waals surface area contributed by atoms with E-state index in [9.17, 15) is 9.90 Å². The second-order valence-electron chi connectivity index (χ2n) is 6.30. The topological polar surface area (TPSA) is 132 Å². The first kappa shape index (κ1) is 18.7. The zero-order chi connectivity index (χ0) is 16.6. The van der Waals surface area contributed by atoms with Crippen molar-refractivity contribution in [3.05, 3.63) is 0 Å². The van der Waals surface area contributed by atoms with Gasteiger partial charge in [0, 0.05) is 24.9 Å². The maximum absolute atomic E-state index is 11.2. The summed E-state index contributed by atoms with van der Waals surface area (Å²) in [5, 5.41) is 12.2. The number of aliphatic imine (C=N–C) groups is 1. The first-order chi connectivity index (χ1) is 10.3. The molecule has 1 atom stereocenters. The predicted octanol–water partition coefficient (Wildman–Crippen LogP) is -0.128. The molecule has 0 saturated carbocycles. The molecule has 0 aromatic heterocycles. The number of nitrogens with zero attached hydrogens (tertiary/aromatic N) is 1. The van der Waals surface area contributed by atoms with Crippen molar-refractivity contribution in [3.63, 3.8) is 0 Å². The minimum Gasteiger partial charge on any atom is -0.480 e. The Morgan fingerprint density at radius 3 is 2.59 bits per heavy atom. The van der Waals surface area contributed by atoms with Gasteiger partial charge in [0.1, 0.15) is 6.04 Å². The van der Waals surface area contributed by atoms with Crippen LogP contribution in [0.25, 0.3) is 0 Å². The van der Waals surface area contributed by atoms with Crippen molar-refractivity contribution in [2.75, 3.05) is 26.3 Å². The van der Waals surface area contributed by atoms with E-state index in [1.807, 2.05) is 0 Å². The fourth-order valence-electron chi connectivity index (χ4n) is 2.09. The number of nitrogens with one attached hydrogen (secondary N) is 1. The number of aliphatic carboxylic acids is 1. The average Bonchev–Trinajstić information content (AvgIpc) is 2.42. The van der Waals surface area contributed by atoms with E-state index in [1.165, 1.54) is 0 Å². The Bertz CT molecular complexity index is 373. The van der Waals surface area contributed by atoms with Gasteiger partial charge in [-0.25, -0.2) is 0 Å². The molecule has 22 heavy (non-hydrogen) atoms. The highest BCUT2D eigenvalue weighted by molar-refractivity contribution is 5.75. The maximum atomic E-state index is 11.2. The molecule has 1 aliphatic heterocycles. The number of rotatable bonds is 9. The summed E-state index contributed by atoms with van der Waals surface area (Å²) in [5.74, 6) is -0.856. The molecule has 0 radical (unpaired) electrons. The van der Waals surface area contributed by atoms with E-state index in [-0.39, 0.29) is 17.7 Å². The molecule has 1 heterocycles. The minimum absolute atomic E-state index is 0.0226. The standard InChI is InChI=1S/C14H28N4O4/c1-14(2)8-21-11(22-9-14)5-7-17-10(12(19)20)4-3-6-18-13(15)16/h10-11,17H,3-9H2,1-2H3,(H,19,20)(H4,15,16,18). The lowest BCUT2D eigenvalue weighted by molar-refractivity contribution is -0.223. The Kier molecular flexibility index (Phi) is 7.57. The Morgan fingerprint density at radius 2 is 2.05 bits per heavy atom. The Morgan fingerprint density at radius 1 is 1.41 bits per heavy atom. The lowest BCUT2D eigenvalue weighted by Crippen LogP contribution is -2.42. The molecule has 8 nitrogen and oxygen atoms in total. The van der Waals surface area contributed by atoms with E-state index in [1.54, 1.807) is 0 Å². The summed E-state index contributed by atoms with van der Waals surface area (Å²) in [6.45, 7) is 6.41. The van der Waals surface area contributed by atoms with Crippen molar-refractivity contribution in [3.8, 4) is 0 Å². The van der Waals surface area contributed by atoms with Gasteiger partial charge in [0.15, 0.2) is 12.2 Å². The highest BCUT2D eigenvalue weighted by Gasteiger charge is 2.28. The smallest absolute Gasteiger partial charge is 0.320 e. The summed E-state index contributed by atoms with van der Waals surface area (Å²) >= 11 is 0. The third kappa shape index (κ3) is 7.58. The third-order valence-corrected chi connectivity index (χ3v) is 3.33. The molecule has 6 N–H and O–H groups in total. The number of carboxylic acid groups (broad SMARTS) is 1. The summed E-state index contributed by atoms with van der Waals surface area (Å²) in [4.78, 5) is 15.0. The highest BCUT2D eigenvalue weighted by atomic mass is 16.7. The molecule has 0 aromatic rings. The quantitative estimate of drug-likeness (QED) is 0.265. The molecule has 128 valence electrons. The number of hydrogen-bond acceptors (Lipinski definition) is 5. The second-order valence-corrected chi connectivity index (χ2v) is 6.30. The largest absolute Gasteiger partial charge is 0.480 e. The van der Waals surface area contributed by atoms with Gasteiger partial charge in [-0.05, 0) is 12.8 Å². The zero-order valence-corrected chi connectivity index (χ0v) is 13.4. The Hall–Kier alpha value is -1.38. The average molecular weight is 316 g/mol. The van der Waals surface area contributed by atoms with Crippen LogP contribution in [-0.4, -0.2) is 55.7 Å². The van der Waals surface area contributed by atoms with E-state index in [0.717, 1.165) is 0 Å². The number of carbonyl (C=O) groups is 1. The van der Waals surface area contributed by atoms with Crippen LogP contribution < -0.4 is 16.8 Å². The first-order valence-electron chi connectivity index (χ1n) is 7.55. The predicted molar refractivity (Wildman–Crippen MR) is 83.4 cm³/mol. The van der Waals surface area contributed by atoms with Crippen LogP contribution >= 0.6 is 0 Å². The van der Waals surface area contributed by atoms with Crippen LogP contribution in [0.4, 0.5) is 0 Å². The minimum atomic E-state index is -0.878. The fraction of sp³-hybridized carbons (Fsp3) is 0.857. The number of hydrogen-bond donors (Lipinski definition) is 4. The van der Waals surface area contributed by atoms with Crippen molar-refractivity contribution < 1.29 is 19.4 Å². The molecule has 0 spiro atoms. The monoisotopic (exact) mass is 316 g/mol. The molecule has 0 amide bonds. The highest BCUT2D eigenvalue weighted by Crippen LogP contribution is 2.23. The molecule has 1 saturated heterocycles. The van der Waals surface area contributed by atoms with Crippen molar-refractivity contribution in [2.24, 2.45) is 21.9 Å². The summed E-state index contributed by atoms with van der Waals surface area (Å²) in [7, 11) is 0. The van der Waals surface area contributed by atoms with E-state index < -0.39 is 12.0 Å². The van der Waals surface area contributed by atoms with Crippen molar-refractivity contribution in [1.29, 1.82) is 0 Å². The summed E-state index contributed by atoms with van der Waals surface area (Å²) < 4.78 is 11.2. The number of nitrogens with two attached hydrogens (primary N) is 2. The summed E-state index contributed by atoms with van der Waals surface area (Å²) in [6.07, 6.45) is 1.42. The SMILES string of the molecule is CC1(C)COC(CCNC(CCCN=C(N)N)C(=O)O)OC1. The van der Waals surface area contributed by atoms with Crippen molar-refractivity contribution in [1.82, 2.24) is 5.32 Å². The van der Waals surface area contributed by atoms with Gasteiger partial charge >= 0.3 is 5.97 Å². The van der Waals surface area contributed by atoms with E-state index in [0.29, 0.717) is 45.6 Å². The van der Waals surface area contributed by atoms with Crippen LogP contribution in [0, 0.1) is 5.41 Å². The van der Waals surface area contributed by atoms with Gasteiger partial charge in [-0.15, -0.1) is 0 Å². The molecule has 1 fully saturated rings. The van der Waals surface area contributed by atoms with Crippen LogP contribution in [0.3, 0.4) is 0 Å². The maximum Gasteiger partial charge on any atom is 0.320 e. The Balaban J connectivity index is 2.21. The molecular weight excluding hydrogens is 288 g/mol. The van der Waals surface area contributed by atoms with Crippen LogP contribution in [0.5, 0.6) is 0 Å².